The fourth-order valence-electron chi connectivity index (χ4n) is 1.39. The summed E-state index contributed by atoms with van der Waals surface area (Å²) in [6.45, 7) is 3.13. The summed E-state index contributed by atoms with van der Waals surface area (Å²) in [6.07, 6.45) is 2.42. The highest BCUT2D eigenvalue weighted by molar-refractivity contribution is 5.96. The molecule has 1 heterocycles. The van der Waals surface area contributed by atoms with Crippen molar-refractivity contribution in [3.05, 3.63) is 11.9 Å². The maximum absolute atomic E-state index is 11.9. The first-order valence-corrected chi connectivity index (χ1v) is 5.78. The molecule has 18 heavy (non-hydrogen) atoms. The highest BCUT2D eigenvalue weighted by Crippen LogP contribution is 2.18. The minimum absolute atomic E-state index is 0.110. The van der Waals surface area contributed by atoms with Crippen LogP contribution in [-0.4, -0.2) is 43.2 Å². The molecule has 0 spiro atoms. The normalized spacial score (nSPS) is 10.2. The Labute approximate surface area is 106 Å². The number of aromatic nitrogens is 2. The summed E-state index contributed by atoms with van der Waals surface area (Å²) < 4.78 is 15.1. The Morgan fingerprint density at radius 3 is 2.72 bits per heavy atom. The lowest BCUT2D eigenvalue weighted by Crippen LogP contribution is -2.08. The van der Waals surface area contributed by atoms with Crippen LogP contribution in [-0.2, 0) is 4.74 Å². The van der Waals surface area contributed by atoms with Crippen LogP contribution in [0.5, 0.6) is 11.8 Å². The van der Waals surface area contributed by atoms with Gasteiger partial charge < -0.3 is 14.2 Å². The van der Waals surface area contributed by atoms with E-state index in [0.717, 1.165) is 0 Å². The fraction of sp³-hybridized carbons (Fsp3) is 0.583. The van der Waals surface area contributed by atoms with Crippen LogP contribution >= 0.6 is 0 Å². The first kappa shape index (κ1) is 14.4. The number of Topliss-reactive ketones (excluding diaryl/α,β-unsaturated/α-hetero) is 1. The van der Waals surface area contributed by atoms with Crippen molar-refractivity contribution < 1.29 is 19.0 Å². The molecule has 0 atom stereocenters. The number of nitrogens with zero attached hydrogens (tertiary/aromatic N) is 2. The van der Waals surface area contributed by atoms with Crippen LogP contribution in [0.2, 0.25) is 0 Å². The van der Waals surface area contributed by atoms with Gasteiger partial charge in [0.25, 0.3) is 0 Å². The molecule has 0 N–H and O–H groups in total. The van der Waals surface area contributed by atoms with Crippen molar-refractivity contribution in [2.75, 3.05) is 27.4 Å². The standard InChI is InChI=1S/C12H18N2O4/c1-4-18-7-5-6-9(15)11-12(17-3)14-10(16-2)8-13-11/h8H,4-7H2,1-3H3. The van der Waals surface area contributed by atoms with E-state index in [1.54, 1.807) is 0 Å². The molecule has 0 unspecified atom stereocenters. The van der Waals surface area contributed by atoms with Gasteiger partial charge in [-0.25, -0.2) is 4.98 Å². The van der Waals surface area contributed by atoms with Crippen LogP contribution < -0.4 is 9.47 Å². The molecule has 100 valence electrons. The minimum Gasteiger partial charge on any atom is -0.480 e. The van der Waals surface area contributed by atoms with Gasteiger partial charge in [-0.15, -0.1) is 0 Å². The number of rotatable bonds is 8. The molecule has 0 aliphatic heterocycles. The molecule has 0 fully saturated rings. The zero-order valence-electron chi connectivity index (χ0n) is 10.9. The van der Waals surface area contributed by atoms with Crippen molar-refractivity contribution in [1.82, 2.24) is 9.97 Å². The number of methoxy groups -OCH3 is 2. The van der Waals surface area contributed by atoms with Crippen LogP contribution in [0.1, 0.15) is 30.3 Å². The zero-order chi connectivity index (χ0) is 13.4. The quantitative estimate of drug-likeness (QED) is 0.517. The molecule has 1 aromatic rings. The number of hydrogen-bond donors (Lipinski definition) is 0. The first-order chi connectivity index (χ1) is 8.72. The van der Waals surface area contributed by atoms with Crippen molar-refractivity contribution in [3.8, 4) is 11.8 Å². The number of hydrogen-bond acceptors (Lipinski definition) is 6. The van der Waals surface area contributed by atoms with Gasteiger partial charge in [0.05, 0.1) is 20.4 Å². The van der Waals surface area contributed by atoms with Crippen LogP contribution in [0.3, 0.4) is 0 Å². The van der Waals surface area contributed by atoms with Crippen molar-refractivity contribution in [1.29, 1.82) is 0 Å². The van der Waals surface area contributed by atoms with E-state index in [-0.39, 0.29) is 17.4 Å². The topological polar surface area (TPSA) is 70.5 Å². The third-order valence-corrected chi connectivity index (χ3v) is 2.28. The van der Waals surface area contributed by atoms with Crippen LogP contribution in [0, 0.1) is 0 Å². The average molecular weight is 254 g/mol. The number of ether oxygens (including phenoxy) is 3. The summed E-state index contributed by atoms with van der Waals surface area (Å²) in [7, 11) is 2.92. The average Bonchev–Trinajstić information content (AvgIpc) is 2.42. The molecule has 0 radical (unpaired) electrons. The lowest BCUT2D eigenvalue weighted by atomic mass is 10.2. The van der Waals surface area contributed by atoms with E-state index in [2.05, 4.69) is 9.97 Å². The van der Waals surface area contributed by atoms with Crippen LogP contribution in [0.25, 0.3) is 0 Å². The van der Waals surface area contributed by atoms with E-state index >= 15 is 0 Å². The third kappa shape index (κ3) is 3.96. The van der Waals surface area contributed by atoms with E-state index in [0.29, 0.717) is 31.9 Å². The number of carbonyl (C=O) groups is 1. The Hall–Kier alpha value is -1.69. The minimum atomic E-state index is -0.110. The first-order valence-electron chi connectivity index (χ1n) is 5.78. The molecule has 0 aliphatic carbocycles. The second-order valence-electron chi connectivity index (χ2n) is 3.49. The van der Waals surface area contributed by atoms with Crippen LogP contribution in [0.15, 0.2) is 6.20 Å². The van der Waals surface area contributed by atoms with Gasteiger partial charge in [0.2, 0.25) is 11.8 Å². The highest BCUT2D eigenvalue weighted by atomic mass is 16.5. The van der Waals surface area contributed by atoms with E-state index in [1.165, 1.54) is 20.4 Å². The molecule has 0 aromatic carbocycles. The number of carbonyl (C=O) groups excluding carboxylic acids is 1. The lowest BCUT2D eigenvalue weighted by Gasteiger charge is -2.07. The zero-order valence-corrected chi connectivity index (χ0v) is 10.9. The van der Waals surface area contributed by atoms with E-state index in [1.807, 2.05) is 6.92 Å². The summed E-state index contributed by atoms with van der Waals surface area (Å²) in [6, 6.07) is 0. The molecular weight excluding hydrogens is 236 g/mol. The summed E-state index contributed by atoms with van der Waals surface area (Å²) >= 11 is 0. The smallest absolute Gasteiger partial charge is 0.246 e. The lowest BCUT2D eigenvalue weighted by molar-refractivity contribution is 0.0938. The van der Waals surface area contributed by atoms with Gasteiger partial charge in [0.15, 0.2) is 11.5 Å². The Balaban J connectivity index is 2.66. The van der Waals surface area contributed by atoms with Gasteiger partial charge in [0.1, 0.15) is 0 Å². The van der Waals surface area contributed by atoms with Gasteiger partial charge in [-0.2, -0.15) is 4.98 Å². The Morgan fingerprint density at radius 2 is 2.11 bits per heavy atom. The largest absolute Gasteiger partial charge is 0.480 e. The molecular formula is C12H18N2O4. The third-order valence-electron chi connectivity index (χ3n) is 2.28. The molecule has 0 saturated heterocycles. The molecule has 0 saturated carbocycles. The molecule has 1 rings (SSSR count). The molecule has 6 nitrogen and oxygen atoms in total. The van der Waals surface area contributed by atoms with Crippen molar-refractivity contribution >= 4 is 5.78 Å². The predicted molar refractivity (Wildman–Crippen MR) is 65.2 cm³/mol. The van der Waals surface area contributed by atoms with Crippen molar-refractivity contribution in [2.24, 2.45) is 0 Å². The molecule has 0 aliphatic rings. The SMILES string of the molecule is CCOCCCC(=O)c1ncc(OC)nc1OC. The monoisotopic (exact) mass is 254 g/mol. The van der Waals surface area contributed by atoms with Gasteiger partial charge in [-0.3, -0.25) is 4.79 Å². The maximum atomic E-state index is 11.9. The second-order valence-corrected chi connectivity index (χ2v) is 3.49. The summed E-state index contributed by atoms with van der Waals surface area (Å²) in [4.78, 5) is 19.9. The van der Waals surface area contributed by atoms with E-state index in [4.69, 9.17) is 14.2 Å². The van der Waals surface area contributed by atoms with Gasteiger partial charge in [-0.1, -0.05) is 0 Å². The molecule has 0 amide bonds. The van der Waals surface area contributed by atoms with Crippen molar-refractivity contribution in [2.45, 2.75) is 19.8 Å². The van der Waals surface area contributed by atoms with E-state index in [9.17, 15) is 4.79 Å². The summed E-state index contributed by atoms with van der Waals surface area (Å²) in [5.41, 5.74) is 0.231. The molecule has 6 heteroatoms. The Morgan fingerprint density at radius 1 is 1.33 bits per heavy atom. The van der Waals surface area contributed by atoms with E-state index < -0.39 is 0 Å². The Kier molecular flexibility index (Phi) is 6.07. The molecule has 0 bridgehead atoms. The Bertz CT molecular complexity index is 396. The second kappa shape index (κ2) is 7.60. The highest BCUT2D eigenvalue weighted by Gasteiger charge is 2.16. The van der Waals surface area contributed by atoms with Gasteiger partial charge in [-0.05, 0) is 13.3 Å². The summed E-state index contributed by atoms with van der Waals surface area (Å²) in [5, 5.41) is 0. The predicted octanol–water partition coefficient (Wildman–Crippen LogP) is 1.49. The number of ketones is 1. The van der Waals surface area contributed by atoms with Gasteiger partial charge in [0, 0.05) is 19.6 Å². The van der Waals surface area contributed by atoms with Crippen molar-refractivity contribution in [3.63, 3.8) is 0 Å². The fourth-order valence-corrected chi connectivity index (χ4v) is 1.39. The molecule has 1 aromatic heterocycles. The van der Waals surface area contributed by atoms with Gasteiger partial charge >= 0.3 is 0 Å². The maximum Gasteiger partial charge on any atom is 0.246 e. The van der Waals surface area contributed by atoms with Crippen LogP contribution in [0.4, 0.5) is 0 Å². The summed E-state index contributed by atoms with van der Waals surface area (Å²) in [5.74, 6) is 0.398.